The number of methoxy groups -OCH3 is 1. The van der Waals surface area contributed by atoms with Crippen LogP contribution in [0, 0.1) is 0 Å². The van der Waals surface area contributed by atoms with Gasteiger partial charge in [-0.2, -0.15) is 0 Å². The van der Waals surface area contributed by atoms with E-state index in [1.165, 1.54) is 0 Å². The van der Waals surface area contributed by atoms with E-state index in [0.29, 0.717) is 0 Å². The molecule has 1 atom stereocenters. The van der Waals surface area contributed by atoms with Gasteiger partial charge in [0.25, 0.3) is 0 Å². The van der Waals surface area contributed by atoms with Crippen LogP contribution in [0.4, 0.5) is 0 Å². The normalized spacial score (nSPS) is 12.5. The van der Waals surface area contributed by atoms with E-state index >= 15 is 0 Å². The molecule has 0 N–H and O–H groups in total. The molecule has 4 nitrogen and oxygen atoms in total. The molecule has 1 unspecified atom stereocenters. The zero-order valence-corrected chi connectivity index (χ0v) is 14.5. The van der Waals surface area contributed by atoms with E-state index in [0.717, 1.165) is 26.1 Å². The first kappa shape index (κ1) is 14.0. The number of hydrogen-bond donors (Lipinski definition) is 0. The molecule has 0 aliphatic rings. The van der Waals surface area contributed by atoms with Gasteiger partial charge in [-0.05, 0) is 44.8 Å². The molecule has 0 fully saturated rings. The van der Waals surface area contributed by atoms with Crippen molar-refractivity contribution in [1.82, 2.24) is 15.0 Å². The molecule has 7 heteroatoms. The summed E-state index contributed by atoms with van der Waals surface area (Å²) in [4.78, 5) is 0.169. The van der Waals surface area contributed by atoms with Crippen LogP contribution in [0.15, 0.2) is 27.3 Å². The lowest BCUT2D eigenvalue weighted by atomic mass is 10.3. The molecule has 2 aromatic rings. The minimum absolute atomic E-state index is 0.169. The van der Waals surface area contributed by atoms with Crippen LogP contribution in [0.5, 0.6) is 5.75 Å². The van der Waals surface area contributed by atoms with Crippen LogP contribution < -0.4 is 4.74 Å². The second kappa shape index (κ2) is 5.71. The lowest BCUT2D eigenvalue weighted by Gasteiger charge is -2.08. The molecule has 0 amide bonds. The molecule has 18 heavy (non-hydrogen) atoms. The number of nitrogens with zero attached hydrogens (tertiary/aromatic N) is 3. The van der Waals surface area contributed by atoms with Crippen molar-refractivity contribution in [3.8, 4) is 11.4 Å². The maximum atomic E-state index is 5.28. The van der Waals surface area contributed by atoms with Gasteiger partial charge in [0.15, 0.2) is 0 Å². The average Bonchev–Trinajstić information content (AvgIpc) is 2.78. The maximum Gasteiger partial charge on any atom is 0.135 e. The average molecular weight is 440 g/mol. The highest BCUT2D eigenvalue weighted by atomic mass is 79.9. The van der Waals surface area contributed by atoms with Crippen LogP contribution >= 0.6 is 47.8 Å². The fourth-order valence-electron chi connectivity index (χ4n) is 1.43. The van der Waals surface area contributed by atoms with Gasteiger partial charge in [-0.1, -0.05) is 21.1 Å². The van der Waals surface area contributed by atoms with E-state index in [-0.39, 0.29) is 4.83 Å². The fourth-order valence-corrected chi connectivity index (χ4v) is 2.97. The monoisotopic (exact) mass is 437 g/mol. The van der Waals surface area contributed by atoms with Gasteiger partial charge in [0, 0.05) is 10.5 Å². The molecule has 1 aromatic heterocycles. The van der Waals surface area contributed by atoms with E-state index in [1.807, 2.05) is 25.3 Å². The Morgan fingerprint density at radius 1 is 1.28 bits per heavy atom. The summed E-state index contributed by atoms with van der Waals surface area (Å²) in [5.74, 6) is 0.747. The lowest BCUT2D eigenvalue weighted by molar-refractivity contribution is 0.411. The second-order valence-electron chi connectivity index (χ2n) is 3.64. The number of aromatic nitrogens is 3. The van der Waals surface area contributed by atoms with Gasteiger partial charge >= 0.3 is 0 Å². The first-order valence-electron chi connectivity index (χ1n) is 5.12. The van der Waals surface area contributed by atoms with Crippen molar-refractivity contribution < 1.29 is 4.74 Å². The van der Waals surface area contributed by atoms with Gasteiger partial charge in [0.05, 0.1) is 34.0 Å². The second-order valence-corrected chi connectivity index (χ2v) is 6.72. The van der Waals surface area contributed by atoms with Gasteiger partial charge < -0.3 is 4.74 Å². The molecular weight excluding hydrogens is 430 g/mol. The van der Waals surface area contributed by atoms with Gasteiger partial charge in [0.2, 0.25) is 0 Å². The van der Waals surface area contributed by atoms with Gasteiger partial charge in [-0.3, -0.25) is 0 Å². The van der Waals surface area contributed by atoms with Crippen LogP contribution in [0.25, 0.3) is 5.69 Å². The van der Waals surface area contributed by atoms with Gasteiger partial charge in [0.1, 0.15) is 5.75 Å². The quantitative estimate of drug-likeness (QED) is 0.671. The summed E-state index contributed by atoms with van der Waals surface area (Å²) in [7, 11) is 1.63. The third kappa shape index (κ3) is 2.78. The van der Waals surface area contributed by atoms with Gasteiger partial charge in [-0.25, -0.2) is 4.68 Å². The van der Waals surface area contributed by atoms with E-state index < -0.39 is 0 Å². The van der Waals surface area contributed by atoms with Crippen molar-refractivity contribution in [2.45, 2.75) is 11.8 Å². The van der Waals surface area contributed by atoms with Crippen LogP contribution in [-0.2, 0) is 0 Å². The number of rotatable bonds is 3. The topological polar surface area (TPSA) is 39.9 Å². The Labute approximate surface area is 130 Å². The zero-order chi connectivity index (χ0) is 13.3. The van der Waals surface area contributed by atoms with E-state index in [9.17, 15) is 0 Å². The zero-order valence-electron chi connectivity index (χ0n) is 9.69. The third-order valence-electron chi connectivity index (χ3n) is 2.39. The van der Waals surface area contributed by atoms with E-state index in [4.69, 9.17) is 4.74 Å². The van der Waals surface area contributed by atoms with Crippen molar-refractivity contribution in [2.24, 2.45) is 0 Å². The van der Waals surface area contributed by atoms with Crippen LogP contribution in [-0.4, -0.2) is 22.1 Å². The standard InChI is InChI=1S/C11H10Br3N3O/c1-6(12)9-5-17(16-15-9)10-4-11(18-2)8(14)3-7(10)13/h3-6H,1-2H3. The molecule has 0 radical (unpaired) electrons. The first-order chi connectivity index (χ1) is 8.52. The summed E-state index contributed by atoms with van der Waals surface area (Å²) in [5, 5.41) is 8.21. The summed E-state index contributed by atoms with van der Waals surface area (Å²) < 4.78 is 8.79. The molecular formula is C11H10Br3N3O. The highest BCUT2D eigenvalue weighted by Crippen LogP contribution is 2.33. The fraction of sp³-hybridized carbons (Fsp3) is 0.273. The predicted molar refractivity (Wildman–Crippen MR) is 80.7 cm³/mol. The molecule has 1 aromatic carbocycles. The number of ether oxygens (including phenoxy) is 1. The molecule has 0 bridgehead atoms. The highest BCUT2D eigenvalue weighted by Gasteiger charge is 2.12. The Morgan fingerprint density at radius 3 is 2.56 bits per heavy atom. The summed E-state index contributed by atoms with van der Waals surface area (Å²) in [5.41, 5.74) is 1.76. The van der Waals surface area contributed by atoms with E-state index in [2.05, 4.69) is 58.1 Å². The predicted octanol–water partition coefficient (Wildman–Crippen LogP) is 4.26. The number of benzene rings is 1. The molecule has 0 aliphatic heterocycles. The highest BCUT2D eigenvalue weighted by molar-refractivity contribution is 9.11. The third-order valence-corrected chi connectivity index (χ3v) is 4.11. The SMILES string of the molecule is COc1cc(-n2cc(C(C)Br)nn2)c(Br)cc1Br. The molecule has 2 rings (SSSR count). The summed E-state index contributed by atoms with van der Waals surface area (Å²) in [6, 6.07) is 3.82. The van der Waals surface area contributed by atoms with Crippen molar-refractivity contribution in [2.75, 3.05) is 7.11 Å². The Bertz CT molecular complexity index is 569. The van der Waals surface area contributed by atoms with Crippen molar-refractivity contribution in [3.63, 3.8) is 0 Å². The Hall–Kier alpha value is -0.400. The van der Waals surface area contributed by atoms with Crippen LogP contribution in [0.2, 0.25) is 0 Å². The van der Waals surface area contributed by atoms with Gasteiger partial charge in [-0.15, -0.1) is 5.10 Å². The smallest absolute Gasteiger partial charge is 0.135 e. The number of halogens is 3. The molecule has 0 saturated carbocycles. The van der Waals surface area contributed by atoms with Crippen LogP contribution in [0.1, 0.15) is 17.4 Å². The molecule has 1 heterocycles. The molecule has 0 spiro atoms. The molecule has 0 saturated heterocycles. The summed E-state index contributed by atoms with van der Waals surface area (Å²) >= 11 is 10.4. The van der Waals surface area contributed by atoms with Crippen molar-refractivity contribution >= 4 is 47.8 Å². The Balaban J connectivity index is 2.49. The largest absolute Gasteiger partial charge is 0.495 e. The minimum Gasteiger partial charge on any atom is -0.495 e. The number of hydrogen-bond acceptors (Lipinski definition) is 3. The molecule has 0 aliphatic carbocycles. The van der Waals surface area contributed by atoms with E-state index in [1.54, 1.807) is 11.8 Å². The molecule has 96 valence electrons. The maximum absolute atomic E-state index is 5.28. The number of alkyl halides is 1. The summed E-state index contributed by atoms with van der Waals surface area (Å²) in [6.07, 6.45) is 1.88. The Kier molecular flexibility index (Phi) is 4.45. The summed E-state index contributed by atoms with van der Waals surface area (Å²) in [6.45, 7) is 2.01. The first-order valence-corrected chi connectivity index (χ1v) is 7.63. The van der Waals surface area contributed by atoms with Crippen LogP contribution in [0.3, 0.4) is 0 Å². The minimum atomic E-state index is 0.169. The van der Waals surface area contributed by atoms with Crippen molar-refractivity contribution in [1.29, 1.82) is 0 Å². The van der Waals surface area contributed by atoms with Crippen molar-refractivity contribution in [3.05, 3.63) is 33.0 Å². The Morgan fingerprint density at radius 2 is 2.00 bits per heavy atom. The lowest BCUT2D eigenvalue weighted by Crippen LogP contribution is -1.98.